The first-order valence-electron chi connectivity index (χ1n) is 7.11. The largest absolute Gasteiger partial charge is 0.394 e. The normalized spacial score (nSPS) is 13.3. The maximum atomic E-state index is 12.8. The molecule has 2 aromatic rings. The fourth-order valence-corrected chi connectivity index (χ4v) is 3.37. The van der Waals surface area contributed by atoms with Crippen molar-refractivity contribution in [2.75, 3.05) is 11.5 Å². The van der Waals surface area contributed by atoms with Gasteiger partial charge in [-0.15, -0.1) is 0 Å². The fraction of sp³-hybridized carbons (Fsp3) is 0.235. The Balaban J connectivity index is 2.05. The summed E-state index contributed by atoms with van der Waals surface area (Å²) in [6.07, 6.45) is 0. The first-order chi connectivity index (χ1) is 10.5. The van der Waals surface area contributed by atoms with Crippen molar-refractivity contribution in [2.45, 2.75) is 29.2 Å². The van der Waals surface area contributed by atoms with Crippen LogP contribution in [0.15, 0.2) is 58.3 Å². The predicted octanol–water partition coefficient (Wildman–Crippen LogP) is 3.77. The van der Waals surface area contributed by atoms with Crippen LogP contribution in [0.3, 0.4) is 0 Å². The van der Waals surface area contributed by atoms with Crippen LogP contribution in [0.25, 0.3) is 0 Å². The molecule has 22 heavy (non-hydrogen) atoms. The quantitative estimate of drug-likeness (QED) is 0.887. The number of fused-ring (bicyclic) bond motifs is 2. The Morgan fingerprint density at radius 3 is 2.09 bits per heavy atom. The molecule has 2 N–H and O–H groups in total. The zero-order chi connectivity index (χ0) is 15.7. The van der Waals surface area contributed by atoms with Crippen molar-refractivity contribution in [2.24, 2.45) is 0 Å². The van der Waals surface area contributed by atoms with Gasteiger partial charge in [-0.05, 0) is 38.1 Å². The maximum absolute atomic E-state index is 12.8. The fourth-order valence-electron chi connectivity index (χ4n) is 2.31. The molecule has 0 aromatic heterocycles. The Labute approximate surface area is 134 Å². The third-order valence-electron chi connectivity index (χ3n) is 3.48. The summed E-state index contributed by atoms with van der Waals surface area (Å²) in [7, 11) is 0. The molecule has 1 aliphatic rings. The summed E-state index contributed by atoms with van der Waals surface area (Å²) in [6.45, 7) is 3.47. The maximum Gasteiger partial charge on any atom is 0.327 e. The van der Waals surface area contributed by atoms with Gasteiger partial charge in [0.1, 0.15) is 0 Å². The molecule has 0 aliphatic carbocycles. The van der Waals surface area contributed by atoms with Gasteiger partial charge in [-0.1, -0.05) is 36.0 Å². The van der Waals surface area contributed by atoms with E-state index in [9.17, 15) is 9.90 Å². The van der Waals surface area contributed by atoms with E-state index in [0.717, 1.165) is 21.2 Å². The minimum Gasteiger partial charge on any atom is -0.394 e. The summed E-state index contributed by atoms with van der Waals surface area (Å²) >= 11 is 1.66. The van der Waals surface area contributed by atoms with Crippen molar-refractivity contribution < 1.29 is 9.90 Å². The number of nitrogens with one attached hydrogen (secondary N) is 1. The van der Waals surface area contributed by atoms with Crippen LogP contribution in [-0.4, -0.2) is 23.3 Å². The van der Waals surface area contributed by atoms with E-state index in [1.165, 1.54) is 0 Å². The molecule has 3 rings (SSSR count). The summed E-state index contributed by atoms with van der Waals surface area (Å²) in [5.74, 6) is 0. The van der Waals surface area contributed by atoms with E-state index in [1.54, 1.807) is 30.5 Å². The van der Waals surface area contributed by atoms with E-state index in [1.807, 2.05) is 48.5 Å². The van der Waals surface area contributed by atoms with Crippen LogP contribution < -0.4 is 10.2 Å². The van der Waals surface area contributed by atoms with Crippen LogP contribution in [0.2, 0.25) is 0 Å². The number of hydrogen-bond donors (Lipinski definition) is 2. The third kappa shape index (κ3) is 2.69. The zero-order valence-corrected chi connectivity index (χ0v) is 13.4. The molecule has 0 bridgehead atoms. The van der Waals surface area contributed by atoms with Gasteiger partial charge < -0.3 is 10.4 Å². The van der Waals surface area contributed by atoms with E-state index in [0.29, 0.717) is 0 Å². The SMILES string of the molecule is CC(C)(CO)NC(=O)N1c2ccccc2Sc2ccccc21. The van der Waals surface area contributed by atoms with Crippen molar-refractivity contribution in [3.63, 3.8) is 0 Å². The number of aliphatic hydroxyl groups is 1. The number of aliphatic hydroxyl groups excluding tert-OH is 1. The molecule has 2 aromatic carbocycles. The topological polar surface area (TPSA) is 52.6 Å². The number of para-hydroxylation sites is 2. The van der Waals surface area contributed by atoms with Gasteiger partial charge in [-0.25, -0.2) is 4.79 Å². The van der Waals surface area contributed by atoms with Crippen molar-refractivity contribution in [1.82, 2.24) is 5.32 Å². The molecular formula is C17H18N2O2S. The van der Waals surface area contributed by atoms with E-state index in [-0.39, 0.29) is 12.6 Å². The second kappa shape index (κ2) is 5.66. The molecule has 0 radical (unpaired) electrons. The Morgan fingerprint density at radius 1 is 1.09 bits per heavy atom. The third-order valence-corrected chi connectivity index (χ3v) is 4.61. The first kappa shape index (κ1) is 14.9. The van der Waals surface area contributed by atoms with Crippen LogP contribution >= 0.6 is 11.8 Å². The highest BCUT2D eigenvalue weighted by Gasteiger charge is 2.30. The second-order valence-electron chi connectivity index (χ2n) is 5.85. The van der Waals surface area contributed by atoms with Crippen LogP contribution in [0.4, 0.5) is 16.2 Å². The minimum absolute atomic E-state index is 0.120. The number of carbonyl (C=O) groups is 1. The van der Waals surface area contributed by atoms with Crippen molar-refractivity contribution in [1.29, 1.82) is 0 Å². The highest BCUT2D eigenvalue weighted by Crippen LogP contribution is 2.47. The number of carbonyl (C=O) groups excluding carboxylic acids is 1. The summed E-state index contributed by atoms with van der Waals surface area (Å²) in [5, 5.41) is 12.3. The standard InChI is InChI=1S/C17H18N2O2S/c1-17(2,11-20)18-16(21)19-12-7-3-5-9-14(12)22-15-10-6-4-8-13(15)19/h3-10,20H,11H2,1-2H3,(H,18,21). The van der Waals surface area contributed by atoms with Crippen LogP contribution in [0.1, 0.15) is 13.8 Å². The molecule has 114 valence electrons. The molecule has 0 atom stereocenters. The molecule has 1 aliphatic heterocycles. The van der Waals surface area contributed by atoms with E-state index >= 15 is 0 Å². The molecule has 4 nitrogen and oxygen atoms in total. The highest BCUT2D eigenvalue weighted by atomic mass is 32.2. The predicted molar refractivity (Wildman–Crippen MR) is 88.8 cm³/mol. The van der Waals surface area contributed by atoms with E-state index in [4.69, 9.17) is 0 Å². The van der Waals surface area contributed by atoms with Crippen LogP contribution in [-0.2, 0) is 0 Å². The first-order valence-corrected chi connectivity index (χ1v) is 7.92. The van der Waals surface area contributed by atoms with Gasteiger partial charge in [-0.3, -0.25) is 4.90 Å². The monoisotopic (exact) mass is 314 g/mol. The van der Waals surface area contributed by atoms with Gasteiger partial charge in [0.2, 0.25) is 0 Å². The number of nitrogens with zero attached hydrogens (tertiary/aromatic N) is 1. The number of urea groups is 1. The lowest BCUT2D eigenvalue weighted by Gasteiger charge is -2.34. The van der Waals surface area contributed by atoms with Crippen LogP contribution in [0, 0.1) is 0 Å². The van der Waals surface area contributed by atoms with Crippen molar-refractivity contribution >= 4 is 29.2 Å². The lowest BCUT2D eigenvalue weighted by atomic mass is 10.1. The number of benzene rings is 2. The minimum atomic E-state index is -0.675. The highest BCUT2D eigenvalue weighted by molar-refractivity contribution is 7.99. The molecule has 1 heterocycles. The Kier molecular flexibility index (Phi) is 3.85. The zero-order valence-electron chi connectivity index (χ0n) is 12.5. The van der Waals surface area contributed by atoms with Gasteiger partial charge in [-0.2, -0.15) is 0 Å². The Morgan fingerprint density at radius 2 is 1.59 bits per heavy atom. The second-order valence-corrected chi connectivity index (χ2v) is 6.93. The van der Waals surface area contributed by atoms with Gasteiger partial charge in [0.05, 0.1) is 23.5 Å². The van der Waals surface area contributed by atoms with E-state index in [2.05, 4.69) is 5.32 Å². The molecule has 0 unspecified atom stereocenters. The van der Waals surface area contributed by atoms with Crippen LogP contribution in [0.5, 0.6) is 0 Å². The summed E-state index contributed by atoms with van der Waals surface area (Å²) in [6, 6.07) is 15.4. The van der Waals surface area contributed by atoms with Gasteiger partial charge in [0.15, 0.2) is 0 Å². The van der Waals surface area contributed by atoms with Gasteiger partial charge in [0, 0.05) is 9.79 Å². The lowest BCUT2D eigenvalue weighted by molar-refractivity contribution is 0.185. The number of amides is 2. The number of hydrogen-bond acceptors (Lipinski definition) is 3. The average Bonchev–Trinajstić information content (AvgIpc) is 2.52. The number of anilines is 2. The smallest absolute Gasteiger partial charge is 0.327 e. The van der Waals surface area contributed by atoms with E-state index < -0.39 is 5.54 Å². The molecule has 2 amide bonds. The van der Waals surface area contributed by atoms with Crippen molar-refractivity contribution in [3.05, 3.63) is 48.5 Å². The molecule has 0 fully saturated rings. The van der Waals surface area contributed by atoms with Crippen molar-refractivity contribution in [3.8, 4) is 0 Å². The summed E-state index contributed by atoms with van der Waals surface area (Å²) in [5.41, 5.74) is 1.04. The summed E-state index contributed by atoms with van der Waals surface area (Å²) < 4.78 is 0. The van der Waals surface area contributed by atoms with Gasteiger partial charge >= 0.3 is 6.03 Å². The summed E-state index contributed by atoms with van der Waals surface area (Å²) in [4.78, 5) is 16.6. The molecular weight excluding hydrogens is 296 g/mol. The lowest BCUT2D eigenvalue weighted by Crippen LogP contribution is -2.51. The number of rotatable bonds is 2. The molecule has 0 saturated carbocycles. The van der Waals surface area contributed by atoms with Gasteiger partial charge in [0.25, 0.3) is 0 Å². The Hall–Kier alpha value is -1.98. The molecule has 0 spiro atoms. The molecule has 0 saturated heterocycles. The molecule has 5 heteroatoms. The Bertz CT molecular complexity index is 670. The average molecular weight is 314 g/mol.